The molecular formula is C16H18F4N4O2. The lowest BCUT2D eigenvalue weighted by Gasteiger charge is -2.22. The van der Waals surface area contributed by atoms with Gasteiger partial charge in [-0.2, -0.15) is 18.3 Å². The number of anilines is 1. The van der Waals surface area contributed by atoms with E-state index >= 15 is 0 Å². The average Bonchev–Trinajstić information content (AvgIpc) is 2.95. The van der Waals surface area contributed by atoms with Crippen molar-refractivity contribution in [3.05, 3.63) is 47.5 Å². The second-order valence-electron chi connectivity index (χ2n) is 5.59. The number of nitrogens with one attached hydrogen (secondary N) is 1. The van der Waals surface area contributed by atoms with Crippen molar-refractivity contribution in [1.29, 1.82) is 0 Å². The van der Waals surface area contributed by atoms with Crippen molar-refractivity contribution in [2.24, 2.45) is 7.05 Å². The second-order valence-corrected chi connectivity index (χ2v) is 5.59. The third kappa shape index (κ3) is 5.45. The summed E-state index contributed by atoms with van der Waals surface area (Å²) < 4.78 is 58.3. The van der Waals surface area contributed by atoms with Crippen LogP contribution in [-0.2, 0) is 24.5 Å². The van der Waals surface area contributed by atoms with Crippen molar-refractivity contribution < 1.29 is 27.1 Å². The van der Waals surface area contributed by atoms with Gasteiger partial charge in [-0.1, -0.05) is 0 Å². The van der Waals surface area contributed by atoms with Gasteiger partial charge in [0.2, 0.25) is 0 Å². The van der Waals surface area contributed by atoms with E-state index in [1.54, 1.807) is 24.1 Å². The van der Waals surface area contributed by atoms with Crippen molar-refractivity contribution in [2.75, 3.05) is 25.6 Å². The van der Waals surface area contributed by atoms with E-state index in [0.717, 1.165) is 11.6 Å². The molecule has 10 heteroatoms. The van der Waals surface area contributed by atoms with Crippen LogP contribution in [0.15, 0.2) is 30.6 Å². The molecule has 26 heavy (non-hydrogen) atoms. The summed E-state index contributed by atoms with van der Waals surface area (Å²) in [5, 5.41) is 6.29. The number of hydrogen-bond acceptors (Lipinski definition) is 3. The Labute approximate surface area is 147 Å². The van der Waals surface area contributed by atoms with Gasteiger partial charge in [0.1, 0.15) is 5.82 Å². The van der Waals surface area contributed by atoms with Crippen molar-refractivity contribution >= 4 is 11.7 Å². The van der Waals surface area contributed by atoms with Crippen molar-refractivity contribution in [1.82, 2.24) is 14.7 Å². The van der Waals surface area contributed by atoms with Crippen molar-refractivity contribution in [3.63, 3.8) is 0 Å². The highest BCUT2D eigenvalue weighted by Crippen LogP contribution is 2.31. The van der Waals surface area contributed by atoms with Crippen LogP contribution < -0.4 is 5.32 Å². The summed E-state index contributed by atoms with van der Waals surface area (Å²) in [6, 6.07) is 1.20. The summed E-state index contributed by atoms with van der Waals surface area (Å²) in [7, 11) is 3.18. The van der Waals surface area contributed by atoms with Gasteiger partial charge < -0.3 is 15.0 Å². The van der Waals surface area contributed by atoms with Gasteiger partial charge in [0.25, 0.3) is 0 Å². The van der Waals surface area contributed by atoms with Gasteiger partial charge in [-0.3, -0.25) is 4.68 Å². The van der Waals surface area contributed by atoms with E-state index in [2.05, 4.69) is 10.4 Å². The van der Waals surface area contributed by atoms with Crippen LogP contribution in [0, 0.1) is 5.82 Å². The number of methoxy groups -OCH3 is 1. The molecule has 2 amide bonds. The molecule has 0 bridgehead atoms. The quantitative estimate of drug-likeness (QED) is 0.790. The Kier molecular flexibility index (Phi) is 6.19. The van der Waals surface area contributed by atoms with Crippen molar-refractivity contribution in [3.8, 4) is 0 Å². The van der Waals surface area contributed by atoms with Crippen molar-refractivity contribution in [2.45, 2.75) is 12.7 Å². The highest BCUT2D eigenvalue weighted by atomic mass is 19.4. The van der Waals surface area contributed by atoms with Gasteiger partial charge in [-0.05, 0) is 18.2 Å². The Morgan fingerprint density at radius 3 is 2.65 bits per heavy atom. The number of carbonyl (C=O) groups excluding carboxylic acids is 1. The maximum Gasteiger partial charge on any atom is 0.416 e. The molecule has 0 radical (unpaired) electrons. The van der Waals surface area contributed by atoms with Crippen LogP contribution in [0.2, 0.25) is 0 Å². The Bertz CT molecular complexity index is 761. The topological polar surface area (TPSA) is 59.4 Å². The van der Waals surface area contributed by atoms with E-state index < -0.39 is 23.6 Å². The fourth-order valence-corrected chi connectivity index (χ4v) is 2.26. The number of halogens is 4. The first-order chi connectivity index (χ1) is 12.2. The smallest absolute Gasteiger partial charge is 0.383 e. The molecule has 2 rings (SSSR count). The van der Waals surface area contributed by atoms with Crippen LogP contribution >= 0.6 is 0 Å². The first kappa shape index (κ1) is 19.7. The first-order valence-electron chi connectivity index (χ1n) is 7.59. The SMILES string of the molecule is COCCN(Cc1cnn(C)c1)C(=O)Nc1cc(F)cc(C(F)(F)F)c1. The summed E-state index contributed by atoms with van der Waals surface area (Å²) in [6.45, 7) is 0.591. The Morgan fingerprint density at radius 2 is 2.08 bits per heavy atom. The molecule has 0 atom stereocenters. The van der Waals surface area contributed by atoms with Gasteiger partial charge in [-0.25, -0.2) is 9.18 Å². The maximum atomic E-state index is 13.5. The zero-order valence-corrected chi connectivity index (χ0v) is 14.2. The van der Waals surface area contributed by atoms with E-state index in [0.29, 0.717) is 12.1 Å². The zero-order valence-electron chi connectivity index (χ0n) is 14.2. The van der Waals surface area contributed by atoms with Crippen LogP contribution in [0.25, 0.3) is 0 Å². The third-order valence-electron chi connectivity index (χ3n) is 3.46. The number of aryl methyl sites for hydroxylation is 1. The molecule has 0 saturated heterocycles. The van der Waals surface area contributed by atoms with Crippen LogP contribution in [-0.4, -0.2) is 41.0 Å². The highest BCUT2D eigenvalue weighted by molar-refractivity contribution is 5.89. The van der Waals surface area contributed by atoms with Crippen LogP contribution in [0.3, 0.4) is 0 Å². The molecule has 2 aromatic rings. The molecule has 1 aromatic heterocycles. The van der Waals surface area contributed by atoms with E-state index in [9.17, 15) is 22.4 Å². The van der Waals surface area contributed by atoms with Gasteiger partial charge >= 0.3 is 12.2 Å². The summed E-state index contributed by atoms with van der Waals surface area (Å²) in [5.41, 5.74) is -0.728. The molecule has 0 fully saturated rings. The monoisotopic (exact) mass is 374 g/mol. The predicted molar refractivity (Wildman–Crippen MR) is 85.9 cm³/mol. The number of amides is 2. The molecule has 6 nitrogen and oxygen atoms in total. The van der Waals surface area contributed by atoms with Crippen LogP contribution in [0.1, 0.15) is 11.1 Å². The maximum absolute atomic E-state index is 13.5. The van der Waals surface area contributed by atoms with E-state index in [4.69, 9.17) is 4.74 Å². The highest BCUT2D eigenvalue weighted by Gasteiger charge is 2.31. The third-order valence-corrected chi connectivity index (χ3v) is 3.46. The molecular weight excluding hydrogens is 356 g/mol. The van der Waals surface area contributed by atoms with Crippen LogP contribution in [0.4, 0.5) is 28.0 Å². The first-order valence-corrected chi connectivity index (χ1v) is 7.59. The number of carbonyl (C=O) groups is 1. The Morgan fingerprint density at radius 1 is 1.35 bits per heavy atom. The predicted octanol–water partition coefficient (Wildman–Crippen LogP) is 3.26. The Hall–Kier alpha value is -2.62. The molecule has 0 spiro atoms. The Balaban J connectivity index is 2.16. The fraction of sp³-hybridized carbons (Fsp3) is 0.375. The lowest BCUT2D eigenvalue weighted by atomic mass is 10.2. The van der Waals surface area contributed by atoms with Gasteiger partial charge in [0.15, 0.2) is 0 Å². The number of ether oxygens (including phenoxy) is 1. The molecule has 0 unspecified atom stereocenters. The number of hydrogen-bond donors (Lipinski definition) is 1. The minimum atomic E-state index is -4.72. The molecule has 0 aliphatic carbocycles. The summed E-state index contributed by atoms with van der Waals surface area (Å²) in [4.78, 5) is 13.8. The largest absolute Gasteiger partial charge is 0.416 e. The molecule has 1 aromatic carbocycles. The number of benzene rings is 1. The van der Waals surface area contributed by atoms with E-state index in [1.807, 2.05) is 0 Å². The van der Waals surface area contributed by atoms with E-state index in [1.165, 1.54) is 12.0 Å². The molecule has 1 heterocycles. The van der Waals surface area contributed by atoms with Gasteiger partial charge in [0, 0.05) is 38.1 Å². The average molecular weight is 374 g/mol. The molecule has 0 saturated carbocycles. The van der Waals surface area contributed by atoms with Crippen LogP contribution in [0.5, 0.6) is 0 Å². The van der Waals surface area contributed by atoms with E-state index in [-0.39, 0.29) is 25.4 Å². The molecule has 142 valence electrons. The summed E-state index contributed by atoms with van der Waals surface area (Å²) in [6.07, 6.45) is -1.44. The van der Waals surface area contributed by atoms with Gasteiger partial charge in [0.05, 0.1) is 24.9 Å². The molecule has 1 N–H and O–H groups in total. The minimum Gasteiger partial charge on any atom is -0.383 e. The zero-order chi connectivity index (χ0) is 19.3. The standard InChI is InChI=1S/C16H18F4N4O2/c1-23-9-11(8-21-23)10-24(3-4-26-2)15(25)22-14-6-12(16(18,19)20)5-13(17)7-14/h5-9H,3-4,10H2,1-2H3,(H,22,25). The normalized spacial score (nSPS) is 11.5. The number of urea groups is 1. The number of nitrogens with zero attached hydrogens (tertiary/aromatic N) is 3. The second kappa shape index (κ2) is 8.17. The summed E-state index contributed by atoms with van der Waals surface area (Å²) in [5.74, 6) is -1.09. The molecule has 0 aliphatic heterocycles. The number of aromatic nitrogens is 2. The lowest BCUT2D eigenvalue weighted by Crippen LogP contribution is -2.36. The number of rotatable bonds is 6. The molecule has 0 aliphatic rings. The minimum absolute atomic E-state index is 0.171. The lowest BCUT2D eigenvalue weighted by molar-refractivity contribution is -0.137. The number of alkyl halides is 3. The fourth-order valence-electron chi connectivity index (χ4n) is 2.26. The summed E-state index contributed by atoms with van der Waals surface area (Å²) >= 11 is 0. The van der Waals surface area contributed by atoms with Gasteiger partial charge in [-0.15, -0.1) is 0 Å².